The first-order chi connectivity index (χ1) is 8.34. The van der Waals surface area contributed by atoms with Crippen LogP contribution in [0.2, 0.25) is 0 Å². The lowest BCUT2D eigenvalue weighted by atomic mass is 10.6. The molecule has 1 aromatic rings. The molecule has 1 aromatic heterocycles. The highest BCUT2D eigenvalue weighted by Gasteiger charge is 1.94. The van der Waals surface area contributed by atoms with E-state index < -0.39 is 0 Å². The highest BCUT2D eigenvalue weighted by Crippen LogP contribution is 1.83. The zero-order valence-corrected chi connectivity index (χ0v) is 10.0. The van der Waals surface area contributed by atoms with Crippen LogP contribution in [0.1, 0.15) is 0 Å². The minimum absolute atomic E-state index is 0.0695. The van der Waals surface area contributed by atoms with Gasteiger partial charge in [0.1, 0.15) is 0 Å². The van der Waals surface area contributed by atoms with Gasteiger partial charge in [-0.25, -0.2) is 4.98 Å². The third-order valence-electron chi connectivity index (χ3n) is 2.07. The van der Waals surface area contributed by atoms with Gasteiger partial charge in [-0.15, -0.1) is 0 Å². The number of aromatic nitrogens is 2. The number of hydrogen-bond donors (Lipinski definition) is 0. The van der Waals surface area contributed by atoms with Crippen LogP contribution in [-0.4, -0.2) is 49.7 Å². The number of nitrogens with zero attached hydrogens (tertiary/aromatic N) is 2. The van der Waals surface area contributed by atoms with Crippen molar-refractivity contribution in [3.8, 4) is 0 Å². The standard InChI is InChI=1S/C11H18N2O4/c1-15-6-7-17-9-8-16-5-4-13-10-12-3-2-11(13)14/h2-3,10H,4-9H2,1H3. The Morgan fingerprint density at radius 2 is 1.88 bits per heavy atom. The van der Waals surface area contributed by atoms with Crippen LogP contribution < -0.4 is 5.56 Å². The van der Waals surface area contributed by atoms with Crippen LogP contribution in [0.5, 0.6) is 0 Å². The monoisotopic (exact) mass is 242 g/mol. The van der Waals surface area contributed by atoms with Crippen LogP contribution in [0.4, 0.5) is 0 Å². The summed E-state index contributed by atoms with van der Waals surface area (Å²) in [7, 11) is 1.63. The maximum absolute atomic E-state index is 11.3. The zero-order valence-electron chi connectivity index (χ0n) is 10.0. The van der Waals surface area contributed by atoms with Gasteiger partial charge in [0.05, 0.1) is 45.9 Å². The van der Waals surface area contributed by atoms with Crippen LogP contribution in [0, 0.1) is 0 Å². The Morgan fingerprint density at radius 1 is 1.18 bits per heavy atom. The second-order valence-electron chi connectivity index (χ2n) is 3.33. The molecule has 0 amide bonds. The molecule has 0 N–H and O–H groups in total. The molecule has 0 aliphatic carbocycles. The van der Waals surface area contributed by atoms with Crippen molar-refractivity contribution in [1.82, 2.24) is 9.55 Å². The molecule has 0 unspecified atom stereocenters. The minimum atomic E-state index is -0.0695. The van der Waals surface area contributed by atoms with Gasteiger partial charge in [0.2, 0.25) is 0 Å². The first-order valence-corrected chi connectivity index (χ1v) is 5.49. The molecule has 0 spiro atoms. The van der Waals surface area contributed by atoms with Crippen LogP contribution in [-0.2, 0) is 20.8 Å². The maximum atomic E-state index is 11.3. The van der Waals surface area contributed by atoms with Crippen LogP contribution >= 0.6 is 0 Å². The van der Waals surface area contributed by atoms with Crippen molar-refractivity contribution in [3.05, 3.63) is 28.9 Å². The molecule has 96 valence electrons. The molecule has 0 aromatic carbocycles. The summed E-state index contributed by atoms with van der Waals surface area (Å²) in [6.45, 7) is 3.18. The maximum Gasteiger partial charge on any atom is 0.253 e. The van der Waals surface area contributed by atoms with E-state index in [9.17, 15) is 4.79 Å². The predicted octanol–water partition coefficient (Wildman–Crippen LogP) is -0.0771. The van der Waals surface area contributed by atoms with Crippen LogP contribution in [0.3, 0.4) is 0 Å². The van der Waals surface area contributed by atoms with E-state index in [1.165, 1.54) is 23.2 Å². The normalized spacial score (nSPS) is 10.6. The molecular weight excluding hydrogens is 224 g/mol. The third kappa shape index (κ3) is 6.15. The highest BCUT2D eigenvalue weighted by atomic mass is 16.5. The van der Waals surface area contributed by atoms with E-state index in [4.69, 9.17) is 14.2 Å². The number of hydrogen-bond acceptors (Lipinski definition) is 5. The van der Waals surface area contributed by atoms with Crippen molar-refractivity contribution in [2.24, 2.45) is 0 Å². The number of methoxy groups -OCH3 is 1. The van der Waals surface area contributed by atoms with Gasteiger partial charge in [0.15, 0.2) is 0 Å². The smallest absolute Gasteiger partial charge is 0.253 e. The van der Waals surface area contributed by atoms with Gasteiger partial charge in [0, 0.05) is 19.4 Å². The molecule has 17 heavy (non-hydrogen) atoms. The quantitative estimate of drug-likeness (QED) is 0.567. The van der Waals surface area contributed by atoms with E-state index in [0.29, 0.717) is 39.6 Å². The Bertz CT molecular complexity index is 353. The Hall–Kier alpha value is -1.24. The van der Waals surface area contributed by atoms with Crippen LogP contribution in [0.15, 0.2) is 23.4 Å². The van der Waals surface area contributed by atoms with E-state index in [0.717, 1.165) is 0 Å². The van der Waals surface area contributed by atoms with Crippen molar-refractivity contribution in [3.63, 3.8) is 0 Å². The summed E-state index contributed by atoms with van der Waals surface area (Å²) in [5.74, 6) is 0. The summed E-state index contributed by atoms with van der Waals surface area (Å²) < 4.78 is 16.9. The highest BCUT2D eigenvalue weighted by molar-refractivity contribution is 4.81. The van der Waals surface area contributed by atoms with E-state index in [1.54, 1.807) is 7.11 Å². The lowest BCUT2D eigenvalue weighted by Crippen LogP contribution is -2.21. The van der Waals surface area contributed by atoms with Gasteiger partial charge < -0.3 is 14.2 Å². The van der Waals surface area contributed by atoms with Gasteiger partial charge in [-0.05, 0) is 0 Å². The fourth-order valence-electron chi connectivity index (χ4n) is 1.17. The molecule has 0 aliphatic heterocycles. The van der Waals surface area contributed by atoms with Crippen molar-refractivity contribution in [2.75, 3.05) is 40.1 Å². The minimum Gasteiger partial charge on any atom is -0.382 e. The molecule has 1 rings (SSSR count). The second-order valence-corrected chi connectivity index (χ2v) is 3.33. The average Bonchev–Trinajstić information content (AvgIpc) is 2.35. The fourth-order valence-corrected chi connectivity index (χ4v) is 1.17. The van der Waals surface area contributed by atoms with E-state index in [1.807, 2.05) is 0 Å². The first-order valence-electron chi connectivity index (χ1n) is 5.49. The molecule has 6 heteroatoms. The topological polar surface area (TPSA) is 62.6 Å². The molecule has 1 heterocycles. The summed E-state index contributed by atoms with van der Waals surface area (Å²) in [6.07, 6.45) is 2.98. The third-order valence-corrected chi connectivity index (χ3v) is 2.07. The SMILES string of the molecule is COCCOCCOCCn1cnccc1=O. The fraction of sp³-hybridized carbons (Fsp3) is 0.636. The summed E-state index contributed by atoms with van der Waals surface area (Å²) in [5, 5.41) is 0. The predicted molar refractivity (Wildman–Crippen MR) is 62.0 cm³/mol. The molecule has 0 fully saturated rings. The molecule has 0 aliphatic rings. The van der Waals surface area contributed by atoms with Crippen molar-refractivity contribution in [1.29, 1.82) is 0 Å². The zero-order chi connectivity index (χ0) is 12.3. The Morgan fingerprint density at radius 3 is 2.59 bits per heavy atom. The first kappa shape index (κ1) is 13.8. The lowest BCUT2D eigenvalue weighted by Gasteiger charge is -2.06. The van der Waals surface area contributed by atoms with E-state index >= 15 is 0 Å². The molecule has 0 bridgehead atoms. The Balaban J connectivity index is 2.01. The largest absolute Gasteiger partial charge is 0.382 e. The van der Waals surface area contributed by atoms with Gasteiger partial charge in [-0.3, -0.25) is 9.36 Å². The van der Waals surface area contributed by atoms with Gasteiger partial charge in [-0.1, -0.05) is 0 Å². The van der Waals surface area contributed by atoms with Crippen molar-refractivity contribution >= 4 is 0 Å². The summed E-state index contributed by atoms with van der Waals surface area (Å²) >= 11 is 0. The van der Waals surface area contributed by atoms with Crippen LogP contribution in [0.25, 0.3) is 0 Å². The number of ether oxygens (including phenoxy) is 3. The number of rotatable bonds is 9. The van der Waals surface area contributed by atoms with E-state index in [-0.39, 0.29) is 5.56 Å². The second kappa shape index (κ2) is 8.86. The molecule has 0 radical (unpaired) electrons. The lowest BCUT2D eigenvalue weighted by molar-refractivity contribution is 0.0228. The van der Waals surface area contributed by atoms with Gasteiger partial charge in [-0.2, -0.15) is 0 Å². The molecule has 0 atom stereocenters. The average molecular weight is 242 g/mol. The van der Waals surface area contributed by atoms with Gasteiger partial charge in [0.25, 0.3) is 5.56 Å². The van der Waals surface area contributed by atoms with Crippen molar-refractivity contribution < 1.29 is 14.2 Å². The van der Waals surface area contributed by atoms with Gasteiger partial charge >= 0.3 is 0 Å². The summed E-state index contributed by atoms with van der Waals surface area (Å²) in [4.78, 5) is 15.1. The molecule has 0 saturated heterocycles. The van der Waals surface area contributed by atoms with Crippen molar-refractivity contribution in [2.45, 2.75) is 6.54 Å². The molecular formula is C11H18N2O4. The summed E-state index contributed by atoms with van der Waals surface area (Å²) in [6, 6.07) is 1.42. The van der Waals surface area contributed by atoms with E-state index in [2.05, 4.69) is 4.98 Å². The molecule has 6 nitrogen and oxygen atoms in total. The Labute approximate surface area is 100 Å². The molecule has 0 saturated carbocycles. The Kier molecular flexibility index (Phi) is 7.20. The summed E-state index contributed by atoms with van der Waals surface area (Å²) in [5.41, 5.74) is -0.0695.